The number of thioether (sulfide) groups is 1. The molecule has 2 amide bonds. The predicted octanol–water partition coefficient (Wildman–Crippen LogP) is 4.16. The van der Waals surface area contributed by atoms with Gasteiger partial charge in [-0.25, -0.2) is 9.67 Å². The first-order valence-electron chi connectivity index (χ1n) is 10.5. The number of hydrogen-bond acceptors (Lipinski definition) is 5. The molecule has 9 heteroatoms. The number of nitrogens with two attached hydrogens (primary N) is 1. The Hall–Kier alpha value is -4.37. The highest BCUT2D eigenvalue weighted by molar-refractivity contribution is 7.98. The van der Waals surface area contributed by atoms with Crippen LogP contribution in [0.1, 0.15) is 26.5 Å². The van der Waals surface area contributed by atoms with Gasteiger partial charge in [-0.15, -0.1) is 11.8 Å². The van der Waals surface area contributed by atoms with E-state index in [0.717, 1.165) is 27.7 Å². The minimum absolute atomic E-state index is 0.192. The molecule has 5 aromatic rings. The van der Waals surface area contributed by atoms with Gasteiger partial charge in [-0.05, 0) is 66.7 Å². The van der Waals surface area contributed by atoms with E-state index in [1.54, 1.807) is 53.0 Å². The van der Waals surface area contributed by atoms with Crippen LogP contribution in [0.4, 0.5) is 5.69 Å². The Labute approximate surface area is 199 Å². The van der Waals surface area contributed by atoms with Crippen molar-refractivity contribution in [2.24, 2.45) is 5.73 Å². The van der Waals surface area contributed by atoms with E-state index < -0.39 is 5.91 Å². The fourth-order valence-corrected chi connectivity index (χ4v) is 4.20. The molecule has 5 rings (SSSR count). The van der Waals surface area contributed by atoms with Crippen LogP contribution in [0.15, 0.2) is 96.3 Å². The van der Waals surface area contributed by atoms with Crippen LogP contribution in [-0.4, -0.2) is 31.0 Å². The molecular weight excluding hydrogens is 448 g/mol. The average Bonchev–Trinajstić information content (AvgIpc) is 3.51. The Morgan fingerprint density at radius 2 is 1.74 bits per heavy atom. The minimum Gasteiger partial charge on any atom is -0.364 e. The van der Waals surface area contributed by atoms with Crippen molar-refractivity contribution in [3.8, 4) is 5.69 Å². The predicted molar refractivity (Wildman–Crippen MR) is 131 cm³/mol. The zero-order valence-electron chi connectivity index (χ0n) is 18.0. The summed E-state index contributed by atoms with van der Waals surface area (Å²) in [6.07, 6.45) is 5.66. The molecule has 34 heavy (non-hydrogen) atoms. The third kappa shape index (κ3) is 4.69. The topological polar surface area (TPSA) is 107 Å². The lowest BCUT2D eigenvalue weighted by Crippen LogP contribution is -2.12. The normalized spacial score (nSPS) is 10.9. The number of primary amides is 1. The number of carbonyl (C=O) groups is 2. The van der Waals surface area contributed by atoms with Gasteiger partial charge in [0.2, 0.25) is 0 Å². The highest BCUT2D eigenvalue weighted by Crippen LogP contribution is 2.23. The summed E-state index contributed by atoms with van der Waals surface area (Å²) in [5.74, 6) is -0.0291. The van der Waals surface area contributed by atoms with Crippen molar-refractivity contribution >= 4 is 34.9 Å². The lowest BCUT2D eigenvalue weighted by Gasteiger charge is -2.08. The molecule has 3 aromatic heterocycles. The van der Waals surface area contributed by atoms with Gasteiger partial charge in [0.25, 0.3) is 11.8 Å². The molecule has 3 heterocycles. The third-order valence-corrected chi connectivity index (χ3v) is 6.19. The van der Waals surface area contributed by atoms with Gasteiger partial charge in [0.15, 0.2) is 0 Å². The van der Waals surface area contributed by atoms with Gasteiger partial charge in [0.1, 0.15) is 11.3 Å². The molecule has 0 unspecified atom stereocenters. The highest BCUT2D eigenvalue weighted by atomic mass is 32.2. The molecule has 0 saturated heterocycles. The van der Waals surface area contributed by atoms with Crippen LogP contribution >= 0.6 is 11.8 Å². The van der Waals surface area contributed by atoms with Crippen molar-refractivity contribution in [2.75, 3.05) is 5.32 Å². The zero-order valence-corrected chi connectivity index (χ0v) is 18.8. The van der Waals surface area contributed by atoms with Crippen LogP contribution in [0.3, 0.4) is 0 Å². The fraction of sp³-hybridized carbons (Fsp3) is 0.0400. The number of pyridine rings is 1. The second-order valence-electron chi connectivity index (χ2n) is 7.52. The molecule has 0 aliphatic rings. The van der Waals surface area contributed by atoms with Crippen LogP contribution < -0.4 is 11.1 Å². The number of benzene rings is 2. The maximum absolute atomic E-state index is 12.6. The summed E-state index contributed by atoms with van der Waals surface area (Å²) in [6, 6.07) is 22.1. The molecule has 0 atom stereocenters. The molecule has 3 N–H and O–H groups in total. The van der Waals surface area contributed by atoms with Crippen LogP contribution in [-0.2, 0) is 5.75 Å². The van der Waals surface area contributed by atoms with E-state index in [1.165, 1.54) is 0 Å². The van der Waals surface area contributed by atoms with Gasteiger partial charge < -0.3 is 15.5 Å². The first-order chi connectivity index (χ1) is 16.5. The Kier molecular flexibility index (Phi) is 5.84. The molecule has 0 bridgehead atoms. The molecule has 0 radical (unpaired) electrons. The molecule has 168 valence electrons. The summed E-state index contributed by atoms with van der Waals surface area (Å²) in [4.78, 5) is 29.5. The molecule has 2 aromatic carbocycles. The molecular formula is C25H20N6O2S. The summed E-state index contributed by atoms with van der Waals surface area (Å²) in [5, 5.41) is 7.01. The number of nitrogens with zero attached hydrogens (tertiary/aromatic N) is 4. The third-order valence-electron chi connectivity index (χ3n) is 5.15. The average molecular weight is 469 g/mol. The quantitative estimate of drug-likeness (QED) is 0.349. The van der Waals surface area contributed by atoms with Gasteiger partial charge in [-0.3, -0.25) is 9.59 Å². The number of carbonyl (C=O) groups excluding carboxylic acids is 2. The monoisotopic (exact) mass is 468 g/mol. The second kappa shape index (κ2) is 9.24. The van der Waals surface area contributed by atoms with Gasteiger partial charge in [-0.2, -0.15) is 5.10 Å². The summed E-state index contributed by atoms with van der Waals surface area (Å²) in [7, 11) is 0. The summed E-state index contributed by atoms with van der Waals surface area (Å²) in [6.45, 7) is 0. The van der Waals surface area contributed by atoms with Crippen molar-refractivity contribution in [2.45, 2.75) is 10.6 Å². The maximum atomic E-state index is 12.6. The van der Waals surface area contributed by atoms with Crippen molar-refractivity contribution < 1.29 is 9.59 Å². The number of anilines is 1. The lowest BCUT2D eigenvalue weighted by atomic mass is 10.2. The standard InChI is InChI=1S/C25H20N6O2S/c26-24(32)22-12-14-31(29-22)20-8-6-18(7-9-20)28-25(33)17-4-10-21(11-5-17)34-16-19-15-30-13-2-1-3-23(30)27-19/h1-15H,16H2,(H2,26,32)(H,28,33). The van der Waals surface area contributed by atoms with Gasteiger partial charge in [0.05, 0.1) is 11.4 Å². The molecule has 8 nitrogen and oxygen atoms in total. The number of imidazole rings is 1. The summed E-state index contributed by atoms with van der Waals surface area (Å²) in [5.41, 5.74) is 9.33. The Morgan fingerprint density at radius 1 is 0.941 bits per heavy atom. The fourth-order valence-electron chi connectivity index (χ4n) is 3.42. The molecule has 0 saturated carbocycles. The largest absolute Gasteiger partial charge is 0.364 e. The highest BCUT2D eigenvalue weighted by Gasteiger charge is 2.09. The van der Waals surface area contributed by atoms with Gasteiger partial charge in [-0.1, -0.05) is 6.07 Å². The molecule has 0 aliphatic carbocycles. The van der Waals surface area contributed by atoms with E-state index in [0.29, 0.717) is 11.3 Å². The number of hydrogen-bond donors (Lipinski definition) is 2. The summed E-state index contributed by atoms with van der Waals surface area (Å²) < 4.78 is 3.55. The van der Waals surface area contributed by atoms with Crippen LogP contribution in [0.2, 0.25) is 0 Å². The minimum atomic E-state index is -0.581. The molecule has 0 fully saturated rings. The lowest BCUT2D eigenvalue weighted by molar-refractivity contribution is 0.0993. The number of nitrogens with one attached hydrogen (secondary N) is 1. The number of rotatable bonds is 7. The van der Waals surface area contributed by atoms with E-state index in [2.05, 4.69) is 15.4 Å². The van der Waals surface area contributed by atoms with E-state index in [4.69, 9.17) is 5.73 Å². The van der Waals surface area contributed by atoms with Gasteiger partial charge >= 0.3 is 0 Å². The summed E-state index contributed by atoms with van der Waals surface area (Å²) >= 11 is 1.67. The van der Waals surface area contributed by atoms with E-state index in [9.17, 15) is 9.59 Å². The van der Waals surface area contributed by atoms with E-state index in [1.807, 2.05) is 59.3 Å². The van der Waals surface area contributed by atoms with Crippen molar-refractivity contribution in [3.63, 3.8) is 0 Å². The molecule has 0 spiro atoms. The molecule has 0 aliphatic heterocycles. The zero-order chi connectivity index (χ0) is 23.5. The number of amides is 2. The SMILES string of the molecule is NC(=O)c1ccn(-c2ccc(NC(=O)c3ccc(SCc4cn5ccccc5n4)cc3)cc2)n1. The van der Waals surface area contributed by atoms with Crippen molar-refractivity contribution in [1.29, 1.82) is 0 Å². The van der Waals surface area contributed by atoms with Crippen LogP contribution in [0.25, 0.3) is 11.3 Å². The first kappa shape index (κ1) is 21.5. The number of aromatic nitrogens is 4. The second-order valence-corrected chi connectivity index (χ2v) is 8.57. The van der Waals surface area contributed by atoms with Gasteiger partial charge in [0, 0.05) is 40.5 Å². The van der Waals surface area contributed by atoms with E-state index in [-0.39, 0.29) is 11.6 Å². The van der Waals surface area contributed by atoms with E-state index >= 15 is 0 Å². The van der Waals surface area contributed by atoms with Crippen LogP contribution in [0.5, 0.6) is 0 Å². The maximum Gasteiger partial charge on any atom is 0.269 e. The Bertz CT molecular complexity index is 1440. The van der Waals surface area contributed by atoms with Crippen LogP contribution in [0, 0.1) is 0 Å². The smallest absolute Gasteiger partial charge is 0.269 e. The van der Waals surface area contributed by atoms with Crippen molar-refractivity contribution in [3.05, 3.63) is 108 Å². The number of fused-ring (bicyclic) bond motifs is 1. The van der Waals surface area contributed by atoms with Crippen molar-refractivity contribution in [1.82, 2.24) is 19.2 Å². The Morgan fingerprint density at radius 3 is 2.44 bits per heavy atom. The Balaban J connectivity index is 1.18. The first-order valence-corrected chi connectivity index (χ1v) is 11.5.